The second-order valence-electron chi connectivity index (χ2n) is 7.68. The average molecular weight is 467 g/mol. The number of sulfonamides is 1. The predicted molar refractivity (Wildman–Crippen MR) is 119 cm³/mol. The Labute approximate surface area is 188 Å². The number of amides is 1. The Hall–Kier alpha value is -2.63. The number of ether oxygens (including phenoxy) is 2. The van der Waals surface area contributed by atoms with Crippen molar-refractivity contribution in [2.45, 2.75) is 38.1 Å². The van der Waals surface area contributed by atoms with Gasteiger partial charge in [-0.25, -0.2) is 8.42 Å². The van der Waals surface area contributed by atoms with Crippen LogP contribution in [-0.2, 0) is 14.8 Å². The van der Waals surface area contributed by atoms with Crippen LogP contribution in [0.1, 0.15) is 24.8 Å². The van der Waals surface area contributed by atoms with Gasteiger partial charge in [-0.3, -0.25) is 9.69 Å². The van der Waals surface area contributed by atoms with Gasteiger partial charge in [0.1, 0.15) is 10.6 Å². The fourth-order valence-electron chi connectivity index (χ4n) is 3.84. The minimum absolute atomic E-state index is 0.130. The molecule has 11 heteroatoms. The zero-order chi connectivity index (χ0) is 23.5. The second kappa shape index (κ2) is 9.88. The number of hydrogen-bond donors (Lipinski definition) is 1. The molecule has 176 valence electrons. The number of hydrogen-bond acceptors (Lipinski definition) is 8. The third kappa shape index (κ3) is 4.89. The minimum atomic E-state index is -3.71. The molecule has 0 radical (unpaired) electrons. The van der Waals surface area contributed by atoms with E-state index in [4.69, 9.17) is 14.0 Å². The van der Waals surface area contributed by atoms with E-state index >= 15 is 0 Å². The third-order valence-corrected chi connectivity index (χ3v) is 7.78. The molecule has 1 aliphatic heterocycles. The van der Waals surface area contributed by atoms with Crippen molar-refractivity contribution in [1.29, 1.82) is 0 Å². The first-order chi connectivity index (χ1) is 15.2. The van der Waals surface area contributed by atoms with Crippen LogP contribution in [0.2, 0.25) is 0 Å². The van der Waals surface area contributed by atoms with E-state index in [0.29, 0.717) is 48.9 Å². The zero-order valence-corrected chi connectivity index (χ0v) is 19.9. The summed E-state index contributed by atoms with van der Waals surface area (Å²) in [6.45, 7) is 6.71. The molecule has 3 rings (SSSR count). The van der Waals surface area contributed by atoms with E-state index in [0.717, 1.165) is 0 Å². The van der Waals surface area contributed by atoms with Gasteiger partial charge >= 0.3 is 0 Å². The lowest BCUT2D eigenvalue weighted by Crippen LogP contribution is -2.44. The van der Waals surface area contributed by atoms with Crippen LogP contribution in [0.5, 0.6) is 11.5 Å². The summed E-state index contributed by atoms with van der Waals surface area (Å²) in [5.41, 5.74) is 0.947. The molecule has 1 fully saturated rings. The molecule has 0 spiro atoms. The maximum atomic E-state index is 13.1. The highest BCUT2D eigenvalue weighted by atomic mass is 32.2. The van der Waals surface area contributed by atoms with Gasteiger partial charge in [-0.15, -0.1) is 0 Å². The van der Waals surface area contributed by atoms with Crippen LogP contribution in [0.25, 0.3) is 0 Å². The number of rotatable bonds is 7. The molecule has 1 aromatic carbocycles. The maximum Gasteiger partial charge on any atom is 0.248 e. The van der Waals surface area contributed by atoms with Crippen LogP contribution in [-0.4, -0.2) is 75.1 Å². The fraction of sp³-hybridized carbons (Fsp3) is 0.524. The van der Waals surface area contributed by atoms with Gasteiger partial charge < -0.3 is 19.3 Å². The number of aromatic nitrogens is 1. The monoisotopic (exact) mass is 466 g/mol. The van der Waals surface area contributed by atoms with Gasteiger partial charge in [-0.2, -0.15) is 4.31 Å². The Morgan fingerprint density at radius 3 is 2.47 bits per heavy atom. The molecule has 0 bridgehead atoms. The normalized spacial score (nSPS) is 16.9. The van der Waals surface area contributed by atoms with Crippen LogP contribution in [0.3, 0.4) is 0 Å². The molecule has 2 aromatic rings. The summed E-state index contributed by atoms with van der Waals surface area (Å²) < 4.78 is 43.2. The standard InChI is InChI=1S/C21H30N4O6S/c1-14-20(16(3)31-23-14)32(27,28)25-10-6-9-24(11-12-25)15(2)21(26)22-17-7-8-18(29-4)19(13-17)30-5/h7-8,13,15H,6,9-12H2,1-5H3,(H,22,26). The Bertz CT molecular complexity index is 1050. The number of benzene rings is 1. The molecule has 1 unspecified atom stereocenters. The van der Waals surface area contributed by atoms with Crippen LogP contribution in [0.15, 0.2) is 27.6 Å². The molecular weight excluding hydrogens is 436 g/mol. The molecule has 10 nitrogen and oxygen atoms in total. The molecular formula is C21H30N4O6S. The summed E-state index contributed by atoms with van der Waals surface area (Å²) in [4.78, 5) is 15.0. The molecule has 1 amide bonds. The maximum absolute atomic E-state index is 13.1. The van der Waals surface area contributed by atoms with E-state index in [1.165, 1.54) is 11.4 Å². The fourth-order valence-corrected chi connectivity index (χ4v) is 5.60. The summed E-state index contributed by atoms with van der Waals surface area (Å²) >= 11 is 0. The predicted octanol–water partition coefficient (Wildman–Crippen LogP) is 2.03. The Morgan fingerprint density at radius 1 is 1.12 bits per heavy atom. The lowest BCUT2D eigenvalue weighted by Gasteiger charge is -2.27. The number of anilines is 1. The van der Waals surface area contributed by atoms with Crippen LogP contribution >= 0.6 is 0 Å². The highest BCUT2D eigenvalue weighted by molar-refractivity contribution is 7.89. The summed E-state index contributed by atoms with van der Waals surface area (Å²) in [5.74, 6) is 1.20. The van der Waals surface area contributed by atoms with Crippen molar-refractivity contribution in [3.63, 3.8) is 0 Å². The molecule has 1 saturated heterocycles. The molecule has 1 N–H and O–H groups in total. The molecule has 32 heavy (non-hydrogen) atoms. The van der Waals surface area contributed by atoms with Crippen molar-refractivity contribution in [1.82, 2.24) is 14.4 Å². The molecule has 0 saturated carbocycles. The highest BCUT2D eigenvalue weighted by Gasteiger charge is 2.33. The second-order valence-corrected chi connectivity index (χ2v) is 9.56. The van der Waals surface area contributed by atoms with Crippen molar-refractivity contribution >= 4 is 21.6 Å². The van der Waals surface area contributed by atoms with Gasteiger partial charge in [-0.05, 0) is 39.3 Å². The lowest BCUT2D eigenvalue weighted by atomic mass is 10.2. The van der Waals surface area contributed by atoms with Crippen molar-refractivity contribution in [2.75, 3.05) is 45.7 Å². The number of nitrogens with one attached hydrogen (secondary N) is 1. The van der Waals surface area contributed by atoms with Gasteiger partial charge in [0.05, 0.1) is 20.3 Å². The Balaban J connectivity index is 1.66. The zero-order valence-electron chi connectivity index (χ0n) is 19.0. The first kappa shape index (κ1) is 24.0. The molecule has 2 heterocycles. The molecule has 1 atom stereocenters. The molecule has 0 aliphatic carbocycles. The largest absolute Gasteiger partial charge is 0.493 e. The van der Waals surface area contributed by atoms with Crippen LogP contribution in [0, 0.1) is 13.8 Å². The molecule has 1 aliphatic rings. The van der Waals surface area contributed by atoms with Crippen molar-refractivity contribution in [2.24, 2.45) is 0 Å². The molecule has 1 aromatic heterocycles. The van der Waals surface area contributed by atoms with Crippen molar-refractivity contribution in [3.05, 3.63) is 29.7 Å². The van der Waals surface area contributed by atoms with Crippen molar-refractivity contribution in [3.8, 4) is 11.5 Å². The summed E-state index contributed by atoms with van der Waals surface area (Å²) in [6.07, 6.45) is 0.608. The van der Waals surface area contributed by atoms with Gasteiger partial charge in [0.25, 0.3) is 0 Å². The lowest BCUT2D eigenvalue weighted by molar-refractivity contribution is -0.120. The average Bonchev–Trinajstić information content (AvgIpc) is 2.96. The topological polar surface area (TPSA) is 114 Å². The number of aryl methyl sites for hydroxylation is 2. The van der Waals surface area contributed by atoms with Gasteiger partial charge in [0, 0.05) is 37.9 Å². The first-order valence-electron chi connectivity index (χ1n) is 10.4. The van der Waals surface area contributed by atoms with E-state index in [1.807, 2.05) is 11.8 Å². The van der Waals surface area contributed by atoms with Crippen molar-refractivity contribution < 1.29 is 27.2 Å². The summed E-state index contributed by atoms with van der Waals surface area (Å²) in [5, 5.41) is 6.66. The quantitative estimate of drug-likeness (QED) is 0.659. The number of nitrogens with zero attached hydrogens (tertiary/aromatic N) is 3. The summed E-state index contributed by atoms with van der Waals surface area (Å²) in [7, 11) is -0.630. The van der Waals surface area contributed by atoms with Crippen LogP contribution in [0.4, 0.5) is 5.69 Å². The van der Waals surface area contributed by atoms with E-state index < -0.39 is 16.1 Å². The highest BCUT2D eigenvalue weighted by Crippen LogP contribution is 2.30. The van der Waals surface area contributed by atoms with Gasteiger partial charge in [0.15, 0.2) is 17.3 Å². The number of carbonyl (C=O) groups excluding carboxylic acids is 1. The summed E-state index contributed by atoms with van der Waals surface area (Å²) in [6, 6.07) is 4.73. The van der Waals surface area contributed by atoms with Crippen LogP contribution < -0.4 is 14.8 Å². The minimum Gasteiger partial charge on any atom is -0.493 e. The third-order valence-electron chi connectivity index (χ3n) is 5.63. The SMILES string of the molecule is COc1ccc(NC(=O)C(C)N2CCCN(S(=O)(=O)c3c(C)noc3C)CC2)cc1OC. The van der Waals surface area contributed by atoms with E-state index in [1.54, 1.807) is 39.2 Å². The van der Waals surface area contributed by atoms with Gasteiger partial charge in [0.2, 0.25) is 15.9 Å². The van der Waals surface area contributed by atoms with Gasteiger partial charge in [-0.1, -0.05) is 5.16 Å². The number of carbonyl (C=O) groups is 1. The Kier molecular flexibility index (Phi) is 7.42. The van der Waals surface area contributed by atoms with E-state index in [2.05, 4.69) is 10.5 Å². The smallest absolute Gasteiger partial charge is 0.248 e. The number of methoxy groups -OCH3 is 2. The van der Waals surface area contributed by atoms with E-state index in [9.17, 15) is 13.2 Å². The Morgan fingerprint density at radius 2 is 1.84 bits per heavy atom. The van der Waals surface area contributed by atoms with E-state index in [-0.39, 0.29) is 23.1 Å². The first-order valence-corrected chi connectivity index (χ1v) is 11.8.